The molecule has 8 rings (SSSR count). The van der Waals surface area contributed by atoms with Gasteiger partial charge in [-0.3, -0.25) is 0 Å². The Morgan fingerprint density at radius 3 is 2.61 bits per heavy atom. The van der Waals surface area contributed by atoms with Crippen LogP contribution in [0.1, 0.15) is 46.9 Å². The van der Waals surface area contributed by atoms with Crippen LogP contribution in [0.3, 0.4) is 0 Å². The quantitative estimate of drug-likeness (QED) is 0.265. The molecule has 2 aliphatic carbocycles. The minimum atomic E-state index is -4.83. The number of fused-ring (bicyclic) bond motifs is 3. The van der Waals surface area contributed by atoms with Crippen LogP contribution >= 0.6 is 0 Å². The van der Waals surface area contributed by atoms with Gasteiger partial charge in [-0.05, 0) is 49.6 Å². The highest BCUT2D eigenvalue weighted by Crippen LogP contribution is 2.48. The predicted molar refractivity (Wildman–Crippen MR) is 143 cm³/mol. The number of alkyl halides is 3. The lowest BCUT2D eigenvalue weighted by Crippen LogP contribution is -2.59. The number of hydrogen-bond donors (Lipinski definition) is 1. The van der Waals surface area contributed by atoms with Crippen molar-refractivity contribution in [2.75, 3.05) is 18.0 Å². The Labute approximate surface area is 233 Å². The highest BCUT2D eigenvalue weighted by atomic mass is 19.4. The molecule has 4 aromatic rings. The van der Waals surface area contributed by atoms with Crippen molar-refractivity contribution < 1.29 is 37.1 Å². The van der Waals surface area contributed by atoms with E-state index in [4.69, 9.17) is 9.26 Å². The summed E-state index contributed by atoms with van der Waals surface area (Å²) in [6, 6.07) is 11.8. The summed E-state index contributed by atoms with van der Waals surface area (Å²) in [6.07, 6.45) is -0.215. The van der Waals surface area contributed by atoms with E-state index in [-0.39, 0.29) is 35.5 Å². The van der Waals surface area contributed by atoms with Crippen molar-refractivity contribution in [3.63, 3.8) is 0 Å². The first-order valence-electron chi connectivity index (χ1n) is 13.7. The average molecular weight is 568 g/mol. The molecule has 2 aliphatic heterocycles. The van der Waals surface area contributed by atoms with Crippen molar-refractivity contribution in [2.24, 2.45) is 18.9 Å². The molecule has 8 nitrogen and oxygen atoms in total. The molecule has 2 unspecified atom stereocenters. The van der Waals surface area contributed by atoms with Gasteiger partial charge in [0.15, 0.2) is 0 Å². The molecule has 0 radical (unpaired) electrons. The number of rotatable bonds is 8. The van der Waals surface area contributed by atoms with E-state index in [1.165, 1.54) is 12.1 Å². The van der Waals surface area contributed by atoms with Gasteiger partial charge < -0.3 is 28.6 Å². The van der Waals surface area contributed by atoms with Gasteiger partial charge in [-0.1, -0.05) is 17.3 Å². The van der Waals surface area contributed by atoms with Crippen molar-refractivity contribution in [2.45, 2.75) is 44.3 Å². The monoisotopic (exact) mass is 567 g/mol. The standard InChI is InChI=1S/C30H28F3N3O5/c1-35-14-22(29(37)38)20-9-8-19(11-24(20)35)36-12-17-10-18(13-36)27(17)39-15-23-26(34-41-28(23)16-6-7-16)21-4-2-3-5-25(21)40-30(31,32)33/h2-5,8-9,11,14,16-18,27H,6-7,10,12-13,15H2,1H3,(H,37,38). The molecule has 11 heteroatoms. The van der Waals surface area contributed by atoms with E-state index in [1.54, 1.807) is 18.3 Å². The van der Waals surface area contributed by atoms with E-state index >= 15 is 0 Å². The van der Waals surface area contributed by atoms with Crippen molar-refractivity contribution in [3.8, 4) is 17.0 Å². The smallest absolute Gasteiger partial charge is 0.478 e. The second-order valence-corrected chi connectivity index (χ2v) is 11.3. The Morgan fingerprint density at radius 2 is 1.90 bits per heavy atom. The predicted octanol–water partition coefficient (Wildman–Crippen LogP) is 6.35. The van der Waals surface area contributed by atoms with Crippen LogP contribution in [-0.4, -0.2) is 46.4 Å². The number of hydrogen-bond acceptors (Lipinski definition) is 6. The topological polar surface area (TPSA) is 90.0 Å². The van der Waals surface area contributed by atoms with E-state index < -0.39 is 12.3 Å². The third kappa shape index (κ3) is 4.71. The largest absolute Gasteiger partial charge is 0.573 e. The van der Waals surface area contributed by atoms with Crippen LogP contribution in [0.5, 0.6) is 5.75 Å². The van der Waals surface area contributed by atoms with Crippen LogP contribution in [0, 0.1) is 11.8 Å². The van der Waals surface area contributed by atoms with Crippen LogP contribution < -0.4 is 9.64 Å². The van der Waals surface area contributed by atoms with Crippen molar-refractivity contribution in [3.05, 3.63) is 65.5 Å². The molecule has 2 atom stereocenters. The van der Waals surface area contributed by atoms with Gasteiger partial charge in [0.1, 0.15) is 17.2 Å². The van der Waals surface area contributed by atoms with Crippen LogP contribution in [0.15, 0.2) is 53.2 Å². The Hall–Kier alpha value is -3.99. The first-order chi connectivity index (χ1) is 19.7. The van der Waals surface area contributed by atoms with Gasteiger partial charge >= 0.3 is 12.3 Å². The average Bonchev–Trinajstić information content (AvgIpc) is 3.61. The number of aryl methyl sites for hydroxylation is 1. The maximum atomic E-state index is 13.1. The minimum Gasteiger partial charge on any atom is -0.478 e. The van der Waals surface area contributed by atoms with Gasteiger partial charge in [0, 0.05) is 66.3 Å². The number of aromatic nitrogens is 2. The van der Waals surface area contributed by atoms with Gasteiger partial charge in [0.05, 0.1) is 23.8 Å². The molecular weight excluding hydrogens is 539 g/mol. The lowest BCUT2D eigenvalue weighted by atomic mass is 9.68. The van der Waals surface area contributed by atoms with Crippen molar-refractivity contribution in [1.82, 2.24) is 9.72 Å². The number of anilines is 1. The summed E-state index contributed by atoms with van der Waals surface area (Å²) in [5, 5.41) is 14.4. The zero-order chi connectivity index (χ0) is 28.5. The summed E-state index contributed by atoms with van der Waals surface area (Å²) in [6.45, 7) is 1.81. The third-order valence-corrected chi connectivity index (χ3v) is 8.57. The Bertz CT molecular complexity index is 1630. The number of ether oxygens (including phenoxy) is 2. The fraction of sp³-hybridized carbons (Fsp3) is 0.400. The maximum Gasteiger partial charge on any atom is 0.573 e. The fourth-order valence-electron chi connectivity index (χ4n) is 6.46. The van der Waals surface area contributed by atoms with Gasteiger partial charge in [0.2, 0.25) is 0 Å². The first-order valence-corrected chi connectivity index (χ1v) is 13.7. The molecule has 214 valence electrons. The number of aromatic carboxylic acids is 1. The molecule has 2 aromatic carbocycles. The summed E-state index contributed by atoms with van der Waals surface area (Å²) in [5.41, 5.74) is 3.44. The molecule has 4 heterocycles. The van der Waals surface area contributed by atoms with E-state index in [0.717, 1.165) is 43.6 Å². The van der Waals surface area contributed by atoms with Gasteiger partial charge in [0.25, 0.3) is 0 Å². The number of benzene rings is 2. The molecule has 2 aromatic heterocycles. The minimum absolute atomic E-state index is 0.0279. The number of nitrogens with zero attached hydrogens (tertiary/aromatic N) is 3. The second kappa shape index (κ2) is 9.54. The lowest BCUT2D eigenvalue weighted by molar-refractivity contribution is -0.274. The summed E-state index contributed by atoms with van der Waals surface area (Å²) in [5.74, 6) is 0.237. The molecule has 4 fully saturated rings. The van der Waals surface area contributed by atoms with Crippen LogP contribution in [-0.2, 0) is 18.4 Å². The van der Waals surface area contributed by atoms with E-state index in [0.29, 0.717) is 34.2 Å². The van der Waals surface area contributed by atoms with Gasteiger partial charge in [-0.15, -0.1) is 13.2 Å². The zero-order valence-electron chi connectivity index (χ0n) is 22.2. The molecule has 0 spiro atoms. The number of para-hydroxylation sites is 1. The van der Waals surface area contributed by atoms with Crippen LogP contribution in [0.4, 0.5) is 18.9 Å². The molecule has 1 N–H and O–H groups in total. The molecule has 0 amide bonds. The van der Waals surface area contributed by atoms with E-state index in [2.05, 4.69) is 14.8 Å². The molecular formula is C30H28F3N3O5. The molecule has 2 saturated heterocycles. The Kier molecular flexibility index (Phi) is 6.04. The highest BCUT2D eigenvalue weighted by Gasteiger charge is 2.48. The van der Waals surface area contributed by atoms with Gasteiger partial charge in [-0.25, -0.2) is 4.79 Å². The number of carbonyl (C=O) groups is 1. The SMILES string of the molecule is Cn1cc(C(=O)O)c2ccc(N3CC4CC(C3)C4OCc3c(-c4ccccc4OC(F)(F)F)noc3C3CC3)cc21. The number of piperidine rings is 2. The van der Waals surface area contributed by atoms with E-state index in [9.17, 15) is 23.1 Å². The summed E-state index contributed by atoms with van der Waals surface area (Å²) in [7, 11) is 1.85. The molecule has 4 aliphatic rings. The molecule has 41 heavy (non-hydrogen) atoms. The van der Waals surface area contributed by atoms with Gasteiger partial charge in [-0.2, -0.15) is 0 Å². The maximum absolute atomic E-state index is 13.1. The van der Waals surface area contributed by atoms with Crippen molar-refractivity contribution >= 4 is 22.6 Å². The highest BCUT2D eigenvalue weighted by molar-refractivity contribution is 6.04. The summed E-state index contributed by atoms with van der Waals surface area (Å²) in [4.78, 5) is 13.9. The first kappa shape index (κ1) is 25.9. The Morgan fingerprint density at radius 1 is 1.15 bits per heavy atom. The Balaban J connectivity index is 1.08. The number of carboxylic acids is 1. The number of carboxylic acid groups (broad SMARTS) is 1. The summed E-state index contributed by atoms with van der Waals surface area (Å²) < 4.78 is 57.5. The lowest BCUT2D eigenvalue weighted by Gasteiger charge is -2.53. The van der Waals surface area contributed by atoms with Crippen LogP contribution in [0.25, 0.3) is 22.2 Å². The molecule has 2 bridgehead atoms. The summed E-state index contributed by atoms with van der Waals surface area (Å²) >= 11 is 0. The zero-order valence-corrected chi connectivity index (χ0v) is 22.2. The van der Waals surface area contributed by atoms with Crippen LogP contribution in [0.2, 0.25) is 0 Å². The van der Waals surface area contributed by atoms with Crippen molar-refractivity contribution in [1.29, 1.82) is 0 Å². The normalized spacial score (nSPS) is 22.1. The van der Waals surface area contributed by atoms with E-state index in [1.807, 2.05) is 29.8 Å². The molecule has 2 saturated carbocycles. The second-order valence-electron chi connectivity index (χ2n) is 11.3. The number of halogens is 3. The third-order valence-electron chi connectivity index (χ3n) is 8.57. The fourth-order valence-corrected chi connectivity index (χ4v) is 6.46.